The van der Waals surface area contributed by atoms with E-state index in [9.17, 15) is 18.5 Å². The Hall–Kier alpha value is -1.19. The van der Waals surface area contributed by atoms with Crippen LogP contribution < -0.4 is 5.73 Å². The third kappa shape index (κ3) is 2.65. The van der Waals surface area contributed by atoms with E-state index in [0.717, 1.165) is 30.2 Å². The van der Waals surface area contributed by atoms with Crippen LogP contribution in [-0.2, 0) is 10.0 Å². The molecule has 1 aromatic rings. The van der Waals surface area contributed by atoms with Crippen molar-refractivity contribution in [2.75, 3.05) is 12.3 Å². The molecule has 20 heavy (non-hydrogen) atoms. The van der Waals surface area contributed by atoms with E-state index in [2.05, 4.69) is 0 Å². The van der Waals surface area contributed by atoms with Crippen LogP contribution in [-0.4, -0.2) is 30.2 Å². The van der Waals surface area contributed by atoms with Gasteiger partial charge in [0.05, 0.1) is 4.92 Å². The quantitative estimate of drug-likeness (QED) is 0.677. The first kappa shape index (κ1) is 15.2. The molecule has 0 bridgehead atoms. The smallest absolute Gasteiger partial charge is 0.304 e. The second-order valence-corrected chi connectivity index (χ2v) is 8.38. The molecule has 1 saturated heterocycles. The summed E-state index contributed by atoms with van der Waals surface area (Å²) in [5.74, 6) is 0.285. The van der Waals surface area contributed by atoms with Crippen LogP contribution in [0, 0.1) is 16.0 Å². The lowest BCUT2D eigenvalue weighted by Crippen LogP contribution is -2.44. The summed E-state index contributed by atoms with van der Waals surface area (Å²) >= 11 is 0.753. The van der Waals surface area contributed by atoms with E-state index in [-0.39, 0.29) is 26.9 Å². The molecule has 2 atom stereocenters. The molecule has 2 unspecified atom stereocenters. The van der Waals surface area contributed by atoms with Crippen LogP contribution in [0.1, 0.15) is 26.7 Å². The van der Waals surface area contributed by atoms with Crippen LogP contribution in [0.3, 0.4) is 0 Å². The summed E-state index contributed by atoms with van der Waals surface area (Å²) in [6.07, 6.45) is 1.78. The molecule has 112 valence electrons. The van der Waals surface area contributed by atoms with Crippen molar-refractivity contribution < 1.29 is 13.3 Å². The number of nitrogens with two attached hydrogens (primary N) is 1. The number of piperidine rings is 1. The van der Waals surface area contributed by atoms with Crippen molar-refractivity contribution in [2.45, 2.75) is 36.9 Å². The normalized spacial score (nSPS) is 24.7. The van der Waals surface area contributed by atoms with E-state index < -0.39 is 14.9 Å². The van der Waals surface area contributed by atoms with Gasteiger partial charge in [0.15, 0.2) is 5.00 Å². The molecule has 2 heterocycles. The summed E-state index contributed by atoms with van der Waals surface area (Å²) in [5.41, 5.74) is 5.18. The summed E-state index contributed by atoms with van der Waals surface area (Å²) in [6, 6.07) is 0.958. The largest absolute Gasteiger partial charge is 0.385 e. The fraction of sp³-hybridized carbons (Fsp3) is 0.636. The molecule has 0 aliphatic carbocycles. The van der Waals surface area contributed by atoms with Gasteiger partial charge < -0.3 is 5.73 Å². The Morgan fingerprint density at radius 1 is 1.45 bits per heavy atom. The highest BCUT2D eigenvalue weighted by molar-refractivity contribution is 7.91. The van der Waals surface area contributed by atoms with Crippen molar-refractivity contribution in [2.24, 2.45) is 5.92 Å². The van der Waals surface area contributed by atoms with E-state index in [0.29, 0.717) is 6.54 Å². The molecule has 1 fully saturated rings. The van der Waals surface area contributed by atoms with Crippen molar-refractivity contribution in [1.29, 1.82) is 0 Å². The van der Waals surface area contributed by atoms with E-state index in [1.54, 1.807) is 0 Å². The monoisotopic (exact) mass is 319 g/mol. The molecule has 1 aliphatic rings. The lowest BCUT2D eigenvalue weighted by atomic mass is 9.97. The molecule has 9 heteroatoms. The number of rotatable bonds is 3. The number of hydrogen-bond donors (Lipinski definition) is 1. The van der Waals surface area contributed by atoms with Gasteiger partial charge in [-0.3, -0.25) is 10.1 Å². The van der Waals surface area contributed by atoms with Gasteiger partial charge >= 0.3 is 5.69 Å². The highest BCUT2D eigenvalue weighted by Crippen LogP contribution is 2.37. The number of nitrogen functional groups attached to an aromatic ring is 1. The fourth-order valence-electron chi connectivity index (χ4n) is 2.34. The van der Waals surface area contributed by atoms with Gasteiger partial charge in [-0.2, -0.15) is 4.31 Å². The van der Waals surface area contributed by atoms with Crippen LogP contribution in [0.2, 0.25) is 0 Å². The molecule has 1 aromatic heterocycles. The molecular formula is C11H17N3O4S2. The first-order valence-corrected chi connectivity index (χ1v) is 8.54. The van der Waals surface area contributed by atoms with Crippen LogP contribution in [0.5, 0.6) is 0 Å². The third-order valence-corrected chi connectivity index (χ3v) is 6.92. The number of nitrogens with zero attached hydrogens (tertiary/aromatic N) is 2. The van der Waals surface area contributed by atoms with Gasteiger partial charge in [0.2, 0.25) is 0 Å². The lowest BCUT2D eigenvalue weighted by Gasteiger charge is -2.35. The predicted octanol–water partition coefficient (Wildman–Crippen LogP) is 2.05. The second-order valence-electron chi connectivity index (χ2n) is 5.18. The third-order valence-electron chi connectivity index (χ3n) is 3.54. The van der Waals surface area contributed by atoms with Crippen LogP contribution in [0.15, 0.2) is 10.3 Å². The maximum atomic E-state index is 12.6. The molecule has 0 radical (unpaired) electrons. The van der Waals surface area contributed by atoms with Crippen LogP contribution >= 0.6 is 11.3 Å². The molecule has 2 rings (SSSR count). The van der Waals surface area contributed by atoms with Gasteiger partial charge in [-0.05, 0) is 25.7 Å². The highest BCUT2D eigenvalue weighted by Gasteiger charge is 2.36. The number of anilines is 1. The minimum atomic E-state index is -3.71. The average Bonchev–Trinajstić information content (AvgIpc) is 2.75. The molecule has 2 N–H and O–H groups in total. The molecule has 1 aliphatic heterocycles. The van der Waals surface area contributed by atoms with Crippen molar-refractivity contribution >= 4 is 32.0 Å². The SMILES string of the molecule is CC1CCC(C)N(S(=O)(=O)c2cc([N+](=O)[O-])c(N)s2)C1. The summed E-state index contributed by atoms with van der Waals surface area (Å²) in [5, 5.41) is 10.7. The Morgan fingerprint density at radius 2 is 2.10 bits per heavy atom. The number of nitro groups is 1. The molecule has 7 nitrogen and oxygen atoms in total. The molecular weight excluding hydrogens is 302 g/mol. The maximum Gasteiger partial charge on any atom is 0.304 e. The standard InChI is InChI=1S/C11H17N3O4S2/c1-7-3-4-8(2)13(6-7)20(17,18)10-5-9(14(15)16)11(12)19-10/h5,7-8H,3-4,6,12H2,1-2H3. The molecule has 0 spiro atoms. The van der Waals surface area contributed by atoms with Gasteiger partial charge in [-0.15, -0.1) is 0 Å². The van der Waals surface area contributed by atoms with Gasteiger partial charge in [0.25, 0.3) is 10.0 Å². The zero-order valence-corrected chi connectivity index (χ0v) is 12.9. The van der Waals surface area contributed by atoms with E-state index in [1.807, 2.05) is 13.8 Å². The van der Waals surface area contributed by atoms with Crippen molar-refractivity contribution in [3.63, 3.8) is 0 Å². The molecule has 0 aromatic carbocycles. The second kappa shape index (κ2) is 5.30. The Bertz CT molecular complexity index is 626. The Morgan fingerprint density at radius 3 is 2.65 bits per heavy atom. The summed E-state index contributed by atoms with van der Waals surface area (Å²) < 4.78 is 26.6. The summed E-state index contributed by atoms with van der Waals surface area (Å²) in [7, 11) is -3.71. The minimum Gasteiger partial charge on any atom is -0.385 e. The number of sulfonamides is 1. The fourth-order valence-corrected chi connectivity index (χ4v) is 5.47. The van der Waals surface area contributed by atoms with Gasteiger partial charge in [-0.1, -0.05) is 18.3 Å². The average molecular weight is 319 g/mol. The Labute approximate surface area is 121 Å². The van der Waals surface area contributed by atoms with Crippen molar-refractivity contribution in [3.8, 4) is 0 Å². The van der Waals surface area contributed by atoms with Crippen LogP contribution in [0.4, 0.5) is 10.7 Å². The lowest BCUT2D eigenvalue weighted by molar-refractivity contribution is -0.383. The Kier molecular flexibility index (Phi) is 4.03. The van der Waals surface area contributed by atoms with Crippen molar-refractivity contribution in [3.05, 3.63) is 16.2 Å². The minimum absolute atomic E-state index is 0.0531. The highest BCUT2D eigenvalue weighted by atomic mass is 32.2. The zero-order valence-electron chi connectivity index (χ0n) is 11.3. The van der Waals surface area contributed by atoms with Gasteiger partial charge in [0.1, 0.15) is 4.21 Å². The zero-order chi connectivity index (χ0) is 15.1. The first-order valence-electron chi connectivity index (χ1n) is 6.29. The maximum absolute atomic E-state index is 12.6. The van der Waals surface area contributed by atoms with E-state index in [4.69, 9.17) is 5.73 Å². The summed E-state index contributed by atoms with van der Waals surface area (Å²) in [4.78, 5) is 10.1. The molecule has 0 saturated carbocycles. The molecule has 0 amide bonds. The Balaban J connectivity index is 2.39. The topological polar surface area (TPSA) is 107 Å². The van der Waals surface area contributed by atoms with E-state index >= 15 is 0 Å². The first-order chi connectivity index (χ1) is 9.23. The number of thiophene rings is 1. The van der Waals surface area contributed by atoms with Crippen molar-refractivity contribution in [1.82, 2.24) is 4.31 Å². The van der Waals surface area contributed by atoms with Crippen LogP contribution in [0.25, 0.3) is 0 Å². The predicted molar refractivity (Wildman–Crippen MR) is 77.1 cm³/mol. The number of hydrogen-bond acceptors (Lipinski definition) is 6. The van der Waals surface area contributed by atoms with Gasteiger partial charge in [0, 0.05) is 18.7 Å². The summed E-state index contributed by atoms with van der Waals surface area (Å²) in [6.45, 7) is 4.30. The van der Waals surface area contributed by atoms with E-state index in [1.165, 1.54) is 4.31 Å². The van der Waals surface area contributed by atoms with Gasteiger partial charge in [-0.25, -0.2) is 8.42 Å².